The molecular weight excluding hydrogens is 258 g/mol. The average molecular weight is 271 g/mol. The molecule has 2 N–H and O–H groups in total. The van der Waals surface area contributed by atoms with Crippen LogP contribution in [0.3, 0.4) is 0 Å². The van der Waals surface area contributed by atoms with Gasteiger partial charge in [0, 0.05) is 24.9 Å². The van der Waals surface area contributed by atoms with Crippen LogP contribution in [0.25, 0.3) is 0 Å². The van der Waals surface area contributed by atoms with Crippen molar-refractivity contribution >= 4 is 36.4 Å². The Morgan fingerprint density at radius 1 is 1.82 bits per heavy atom. The summed E-state index contributed by atoms with van der Waals surface area (Å²) in [4.78, 5) is 15.9. The molecule has 0 aliphatic carbocycles. The molecule has 0 bridgehead atoms. The quantitative estimate of drug-likeness (QED) is 0.558. The van der Waals surface area contributed by atoms with Crippen molar-refractivity contribution in [2.45, 2.75) is 18.6 Å². The number of hydrogen-bond acceptors (Lipinski definition) is 5. The minimum atomic E-state index is -0.337. The lowest BCUT2D eigenvalue weighted by Crippen LogP contribution is -2.29. The molecule has 0 unspecified atom stereocenters. The number of amides is 2. The topological polar surface area (TPSA) is 74.0 Å². The molecule has 6 nitrogen and oxygen atoms in total. The van der Waals surface area contributed by atoms with Gasteiger partial charge in [-0.15, -0.1) is 0 Å². The van der Waals surface area contributed by atoms with Gasteiger partial charge in [-0.2, -0.15) is 0 Å². The third kappa shape index (κ3) is 2.58. The van der Waals surface area contributed by atoms with Gasteiger partial charge in [0.1, 0.15) is 11.3 Å². The van der Waals surface area contributed by atoms with E-state index in [1.165, 1.54) is 4.31 Å². The highest BCUT2D eigenvalue weighted by molar-refractivity contribution is 7.99. The molecule has 8 heteroatoms. The molecule has 0 aromatic carbocycles. The molecule has 0 fully saturated rings. The van der Waals surface area contributed by atoms with E-state index < -0.39 is 0 Å². The highest BCUT2D eigenvalue weighted by atomic mass is 32.2. The molecule has 0 saturated heterocycles. The zero-order valence-corrected chi connectivity index (χ0v) is 11.0. The van der Waals surface area contributed by atoms with Crippen LogP contribution in [0, 0.1) is 5.41 Å². The number of rotatable bonds is 2. The number of aromatic nitrogens is 2. The predicted molar refractivity (Wildman–Crippen MR) is 69.2 cm³/mol. The van der Waals surface area contributed by atoms with Crippen molar-refractivity contribution in [1.82, 2.24) is 13.9 Å². The van der Waals surface area contributed by atoms with Gasteiger partial charge in [-0.3, -0.25) is 15.0 Å². The Bertz CT molecular complexity index is 501. The van der Waals surface area contributed by atoms with Crippen LogP contribution < -0.4 is 10.8 Å². The summed E-state index contributed by atoms with van der Waals surface area (Å²) >= 11 is 5.58. The average Bonchev–Trinajstić information content (AvgIpc) is 2.76. The van der Waals surface area contributed by atoms with Gasteiger partial charge in [0.15, 0.2) is 5.16 Å². The summed E-state index contributed by atoms with van der Waals surface area (Å²) in [6.07, 6.45) is 0. The monoisotopic (exact) mass is 271 g/mol. The van der Waals surface area contributed by atoms with Crippen molar-refractivity contribution in [3.8, 4) is 0 Å². The molecule has 0 atom stereocenters. The highest BCUT2D eigenvalue weighted by Gasteiger charge is 2.15. The van der Waals surface area contributed by atoms with Crippen LogP contribution in [-0.4, -0.2) is 32.2 Å². The van der Waals surface area contributed by atoms with E-state index in [-0.39, 0.29) is 6.03 Å². The second-order valence-electron chi connectivity index (χ2n) is 3.46. The van der Waals surface area contributed by atoms with Crippen molar-refractivity contribution in [3.05, 3.63) is 11.6 Å². The molecule has 1 aliphatic rings. The van der Waals surface area contributed by atoms with Crippen molar-refractivity contribution in [3.63, 3.8) is 0 Å². The SMILES string of the molecule is CCN(S)C(=O)Nc1cc(=N)n2c(n1)SCC2. The molecule has 2 amide bonds. The van der Waals surface area contributed by atoms with Crippen LogP contribution in [-0.2, 0) is 6.54 Å². The number of carbonyl (C=O) groups excluding carboxylic acids is 1. The fourth-order valence-electron chi connectivity index (χ4n) is 1.44. The zero-order valence-electron chi connectivity index (χ0n) is 9.30. The number of hydrogen-bond donors (Lipinski definition) is 3. The lowest BCUT2D eigenvalue weighted by Gasteiger charge is -2.14. The van der Waals surface area contributed by atoms with E-state index in [9.17, 15) is 4.79 Å². The van der Waals surface area contributed by atoms with Gasteiger partial charge in [-0.1, -0.05) is 24.6 Å². The number of nitrogens with zero attached hydrogens (tertiary/aromatic N) is 3. The molecule has 92 valence electrons. The molecule has 1 aliphatic heterocycles. The van der Waals surface area contributed by atoms with E-state index in [1.54, 1.807) is 17.8 Å². The largest absolute Gasteiger partial charge is 0.332 e. The third-order valence-corrected chi connectivity index (χ3v) is 3.75. The van der Waals surface area contributed by atoms with Crippen LogP contribution in [0.2, 0.25) is 0 Å². The zero-order chi connectivity index (χ0) is 12.4. The summed E-state index contributed by atoms with van der Waals surface area (Å²) in [7, 11) is 0. The first-order chi connectivity index (χ1) is 8.11. The predicted octanol–water partition coefficient (Wildman–Crippen LogP) is 1.17. The van der Waals surface area contributed by atoms with E-state index in [0.717, 1.165) is 17.5 Å². The van der Waals surface area contributed by atoms with Gasteiger partial charge in [0.2, 0.25) is 0 Å². The van der Waals surface area contributed by atoms with Crippen LogP contribution in [0.15, 0.2) is 11.2 Å². The lowest BCUT2D eigenvalue weighted by atomic mass is 10.5. The first kappa shape index (κ1) is 12.3. The Labute approximate surface area is 108 Å². The fraction of sp³-hybridized carbons (Fsp3) is 0.444. The Hall–Kier alpha value is -1.15. The van der Waals surface area contributed by atoms with Gasteiger partial charge in [0.05, 0.1) is 0 Å². The van der Waals surface area contributed by atoms with Gasteiger partial charge in [-0.05, 0) is 6.92 Å². The Balaban J connectivity index is 2.21. The molecule has 2 heterocycles. The number of nitrogens with one attached hydrogen (secondary N) is 2. The number of anilines is 1. The first-order valence-corrected chi connectivity index (χ1v) is 6.57. The van der Waals surface area contributed by atoms with E-state index in [1.807, 2.05) is 11.5 Å². The van der Waals surface area contributed by atoms with E-state index in [0.29, 0.717) is 17.9 Å². The summed E-state index contributed by atoms with van der Waals surface area (Å²) in [6, 6.07) is 1.21. The summed E-state index contributed by atoms with van der Waals surface area (Å²) < 4.78 is 3.07. The van der Waals surface area contributed by atoms with Crippen LogP contribution in [0.4, 0.5) is 10.6 Å². The maximum atomic E-state index is 11.6. The van der Waals surface area contributed by atoms with Crippen LogP contribution >= 0.6 is 24.6 Å². The maximum Gasteiger partial charge on any atom is 0.332 e. The van der Waals surface area contributed by atoms with E-state index in [2.05, 4.69) is 23.1 Å². The van der Waals surface area contributed by atoms with Crippen molar-refractivity contribution < 1.29 is 4.79 Å². The second-order valence-corrected chi connectivity index (χ2v) is 5.00. The molecular formula is C9H13N5OS2. The standard InChI is InChI=1S/C9H13N5OS2/c1-2-14(16)8(15)11-7-5-6(10)13-3-4-17-9(13)12-7/h5,10,16H,2-4H2,1H3,(H,11,15). The normalized spacial score (nSPS) is 13.3. The maximum absolute atomic E-state index is 11.6. The number of carbonyl (C=O) groups is 1. The minimum absolute atomic E-state index is 0.337. The summed E-state index contributed by atoms with van der Waals surface area (Å²) in [5.41, 5.74) is 0.359. The smallest absolute Gasteiger partial charge is 0.305 e. The van der Waals surface area contributed by atoms with Crippen LogP contribution in [0.5, 0.6) is 0 Å². The van der Waals surface area contributed by atoms with Crippen molar-refractivity contribution in [2.75, 3.05) is 17.6 Å². The fourth-order valence-corrected chi connectivity index (χ4v) is 2.46. The molecule has 1 aromatic rings. The first-order valence-electron chi connectivity index (χ1n) is 5.18. The van der Waals surface area contributed by atoms with Gasteiger partial charge >= 0.3 is 6.03 Å². The third-order valence-electron chi connectivity index (χ3n) is 2.33. The van der Waals surface area contributed by atoms with Gasteiger partial charge in [-0.25, -0.2) is 9.78 Å². The lowest BCUT2D eigenvalue weighted by molar-refractivity contribution is 0.240. The number of thioether (sulfide) groups is 1. The molecule has 2 rings (SSSR count). The summed E-state index contributed by atoms with van der Waals surface area (Å²) in [5.74, 6) is 1.32. The van der Waals surface area contributed by atoms with Crippen LogP contribution in [0.1, 0.15) is 6.92 Å². The molecule has 1 aromatic heterocycles. The molecule has 0 spiro atoms. The summed E-state index contributed by atoms with van der Waals surface area (Å²) in [6.45, 7) is 3.12. The summed E-state index contributed by atoms with van der Waals surface area (Å²) in [5, 5.41) is 11.2. The van der Waals surface area contributed by atoms with E-state index in [4.69, 9.17) is 5.41 Å². The Morgan fingerprint density at radius 3 is 3.29 bits per heavy atom. The van der Waals surface area contributed by atoms with Gasteiger partial charge < -0.3 is 4.57 Å². The Kier molecular flexibility index (Phi) is 3.63. The molecule has 17 heavy (non-hydrogen) atoms. The Morgan fingerprint density at radius 2 is 2.59 bits per heavy atom. The molecule has 0 radical (unpaired) electrons. The minimum Gasteiger partial charge on any atom is -0.305 e. The highest BCUT2D eigenvalue weighted by Crippen LogP contribution is 2.22. The second kappa shape index (κ2) is 5.01. The number of thiol groups is 1. The van der Waals surface area contributed by atoms with Crippen molar-refractivity contribution in [1.29, 1.82) is 5.41 Å². The van der Waals surface area contributed by atoms with E-state index >= 15 is 0 Å². The molecule has 0 saturated carbocycles. The number of urea groups is 1. The van der Waals surface area contributed by atoms with Crippen molar-refractivity contribution in [2.24, 2.45) is 0 Å². The van der Waals surface area contributed by atoms with Gasteiger partial charge in [0.25, 0.3) is 0 Å². The number of fused-ring (bicyclic) bond motifs is 1.